The molecule has 28 heavy (non-hydrogen) atoms. The molecule has 1 fully saturated rings. The second-order valence-electron chi connectivity index (χ2n) is 5.67. The smallest absolute Gasteiger partial charge is 0.335 e. The van der Waals surface area contributed by atoms with Gasteiger partial charge in [-0.1, -0.05) is 18.2 Å². The van der Waals surface area contributed by atoms with Crippen LogP contribution in [0, 0.1) is 16.0 Å². The van der Waals surface area contributed by atoms with Crippen LogP contribution in [0.3, 0.4) is 0 Å². The molecule has 1 aliphatic heterocycles. The zero-order valence-corrected chi connectivity index (χ0v) is 14.6. The molecular weight excluding hydrogens is 368 g/mol. The molecule has 2 aromatic rings. The molecule has 0 spiro atoms. The van der Waals surface area contributed by atoms with E-state index in [1.807, 2.05) is 0 Å². The third kappa shape index (κ3) is 3.56. The number of imide groups is 2. The molecular formula is C18H14N4O6. The first-order valence-corrected chi connectivity index (χ1v) is 8.03. The van der Waals surface area contributed by atoms with Crippen molar-refractivity contribution in [1.29, 1.82) is 0 Å². The second kappa shape index (κ2) is 7.66. The van der Waals surface area contributed by atoms with Gasteiger partial charge in [-0.2, -0.15) is 0 Å². The predicted octanol–water partition coefficient (Wildman–Crippen LogP) is 2.20. The first kappa shape index (κ1) is 18.7. The number of aliphatic imine (C=N–C) groups is 1. The van der Waals surface area contributed by atoms with Crippen LogP contribution in [-0.4, -0.2) is 36.1 Å². The third-order valence-corrected chi connectivity index (χ3v) is 3.94. The normalized spacial score (nSPS) is 17.0. The molecule has 0 unspecified atom stereocenters. The van der Waals surface area contributed by atoms with Crippen LogP contribution in [0.1, 0.15) is 0 Å². The van der Waals surface area contributed by atoms with Crippen LogP contribution >= 0.6 is 0 Å². The topological polar surface area (TPSA) is 131 Å². The van der Waals surface area contributed by atoms with Crippen LogP contribution < -0.4 is 15.0 Å². The van der Waals surface area contributed by atoms with E-state index in [2.05, 4.69) is 10.3 Å². The lowest BCUT2D eigenvalue weighted by atomic mass is 10.1. The number of hydrogen-bond acceptors (Lipinski definition) is 7. The molecule has 1 aliphatic rings. The summed E-state index contributed by atoms with van der Waals surface area (Å²) in [6.45, 7) is 0. The number of ether oxygens (including phenoxy) is 1. The number of para-hydroxylation sites is 2. The molecule has 10 nitrogen and oxygen atoms in total. The molecule has 1 atom stereocenters. The molecule has 142 valence electrons. The Hall–Kier alpha value is -4.08. The van der Waals surface area contributed by atoms with E-state index < -0.39 is 28.7 Å². The number of nitro groups is 1. The van der Waals surface area contributed by atoms with Crippen molar-refractivity contribution in [2.75, 3.05) is 12.0 Å². The maximum absolute atomic E-state index is 12.8. The van der Waals surface area contributed by atoms with Crippen LogP contribution in [0.15, 0.2) is 53.5 Å². The Morgan fingerprint density at radius 2 is 1.93 bits per heavy atom. The van der Waals surface area contributed by atoms with Crippen LogP contribution in [0.2, 0.25) is 0 Å². The summed E-state index contributed by atoms with van der Waals surface area (Å²) in [6, 6.07) is 10.8. The van der Waals surface area contributed by atoms with Crippen molar-refractivity contribution >= 4 is 41.1 Å². The summed E-state index contributed by atoms with van der Waals surface area (Å²) >= 11 is 0. The van der Waals surface area contributed by atoms with E-state index in [1.54, 1.807) is 18.2 Å². The van der Waals surface area contributed by atoms with Gasteiger partial charge >= 0.3 is 6.03 Å². The number of nitrogens with zero attached hydrogens (tertiary/aromatic N) is 3. The van der Waals surface area contributed by atoms with Crippen LogP contribution in [0.4, 0.5) is 21.9 Å². The lowest BCUT2D eigenvalue weighted by Crippen LogP contribution is -2.58. The number of nitro benzene ring substituents is 1. The van der Waals surface area contributed by atoms with Gasteiger partial charge in [0.05, 0.1) is 23.4 Å². The van der Waals surface area contributed by atoms with E-state index in [9.17, 15) is 24.5 Å². The molecule has 0 radical (unpaired) electrons. The first-order chi connectivity index (χ1) is 13.4. The predicted molar refractivity (Wildman–Crippen MR) is 98.8 cm³/mol. The quantitative estimate of drug-likeness (QED) is 0.365. The number of rotatable bonds is 5. The van der Waals surface area contributed by atoms with Crippen molar-refractivity contribution in [3.8, 4) is 5.75 Å². The number of urea groups is 1. The zero-order valence-electron chi connectivity index (χ0n) is 14.6. The van der Waals surface area contributed by atoms with E-state index in [4.69, 9.17) is 4.74 Å². The van der Waals surface area contributed by atoms with E-state index >= 15 is 0 Å². The van der Waals surface area contributed by atoms with E-state index in [1.165, 1.54) is 37.4 Å². The lowest BCUT2D eigenvalue weighted by Gasteiger charge is -2.29. The summed E-state index contributed by atoms with van der Waals surface area (Å²) in [7, 11) is 1.39. The van der Waals surface area contributed by atoms with Gasteiger partial charge in [-0.15, -0.1) is 0 Å². The number of non-ortho nitro benzene ring substituents is 1. The number of anilines is 1. The highest BCUT2D eigenvalue weighted by atomic mass is 16.6. The molecule has 4 amide bonds. The average molecular weight is 382 g/mol. The SMILES string of the molecule is COc1ccccc1N1C(=O)NC(=O)[C@@H](C=Nc2cccc([N+](=O)[O-])c2)C1=O. The van der Waals surface area contributed by atoms with E-state index in [-0.39, 0.29) is 22.8 Å². The minimum Gasteiger partial charge on any atom is -0.495 e. The number of hydrogen-bond donors (Lipinski definition) is 1. The number of methoxy groups -OCH3 is 1. The van der Waals surface area contributed by atoms with Gasteiger partial charge in [-0.3, -0.25) is 30.0 Å². The molecule has 3 rings (SSSR count). The lowest BCUT2D eigenvalue weighted by molar-refractivity contribution is -0.384. The monoisotopic (exact) mass is 382 g/mol. The fourth-order valence-electron chi connectivity index (χ4n) is 2.61. The van der Waals surface area contributed by atoms with Crippen molar-refractivity contribution in [3.63, 3.8) is 0 Å². The highest BCUT2D eigenvalue weighted by Crippen LogP contribution is 2.30. The highest BCUT2D eigenvalue weighted by Gasteiger charge is 2.41. The van der Waals surface area contributed by atoms with Gasteiger partial charge in [-0.05, 0) is 18.2 Å². The second-order valence-corrected chi connectivity index (χ2v) is 5.67. The highest BCUT2D eigenvalue weighted by molar-refractivity contribution is 6.33. The molecule has 0 aromatic heterocycles. The van der Waals surface area contributed by atoms with Gasteiger partial charge < -0.3 is 4.74 Å². The number of carbonyl (C=O) groups is 3. The van der Waals surface area contributed by atoms with Gasteiger partial charge in [0.1, 0.15) is 5.75 Å². The molecule has 1 heterocycles. The summed E-state index contributed by atoms with van der Waals surface area (Å²) in [5, 5.41) is 12.9. The summed E-state index contributed by atoms with van der Waals surface area (Å²) < 4.78 is 5.17. The molecule has 1 saturated heterocycles. The summed E-state index contributed by atoms with van der Waals surface area (Å²) in [4.78, 5) is 52.2. The minimum atomic E-state index is -1.39. The molecule has 10 heteroatoms. The van der Waals surface area contributed by atoms with Crippen LogP contribution in [0.25, 0.3) is 0 Å². The van der Waals surface area contributed by atoms with Gasteiger partial charge in [0.25, 0.3) is 11.6 Å². The Bertz CT molecular complexity index is 1000. The average Bonchev–Trinajstić information content (AvgIpc) is 2.68. The number of benzene rings is 2. The Morgan fingerprint density at radius 3 is 2.64 bits per heavy atom. The van der Waals surface area contributed by atoms with Crippen molar-refractivity contribution in [3.05, 3.63) is 58.6 Å². The van der Waals surface area contributed by atoms with Gasteiger partial charge in [-0.25, -0.2) is 9.69 Å². The van der Waals surface area contributed by atoms with Crippen molar-refractivity contribution < 1.29 is 24.0 Å². The van der Waals surface area contributed by atoms with Crippen molar-refractivity contribution in [1.82, 2.24) is 5.32 Å². The Labute approximate surface area is 158 Å². The van der Waals surface area contributed by atoms with E-state index in [0.717, 1.165) is 11.1 Å². The first-order valence-electron chi connectivity index (χ1n) is 8.03. The summed E-state index contributed by atoms with van der Waals surface area (Å²) in [5.74, 6) is -2.76. The largest absolute Gasteiger partial charge is 0.495 e. The maximum atomic E-state index is 12.8. The maximum Gasteiger partial charge on any atom is 0.335 e. The number of nitrogens with one attached hydrogen (secondary N) is 1. The summed E-state index contributed by atoms with van der Waals surface area (Å²) in [5.41, 5.74) is 0.184. The molecule has 0 saturated carbocycles. The fourth-order valence-corrected chi connectivity index (χ4v) is 2.61. The molecule has 0 aliphatic carbocycles. The van der Waals surface area contributed by atoms with Crippen molar-refractivity contribution in [2.24, 2.45) is 10.9 Å². The Morgan fingerprint density at radius 1 is 1.18 bits per heavy atom. The van der Waals surface area contributed by atoms with E-state index in [0.29, 0.717) is 0 Å². The minimum absolute atomic E-state index is 0.175. The van der Waals surface area contributed by atoms with Gasteiger partial charge in [0.15, 0.2) is 5.92 Å². The number of carbonyl (C=O) groups excluding carboxylic acids is 3. The zero-order chi connectivity index (χ0) is 20.3. The molecule has 1 N–H and O–H groups in total. The number of barbiturate groups is 1. The van der Waals surface area contributed by atoms with Crippen molar-refractivity contribution in [2.45, 2.75) is 0 Å². The third-order valence-electron chi connectivity index (χ3n) is 3.94. The molecule has 2 aromatic carbocycles. The Kier molecular flexibility index (Phi) is 5.12. The van der Waals surface area contributed by atoms with Crippen LogP contribution in [-0.2, 0) is 9.59 Å². The number of amides is 4. The Balaban J connectivity index is 1.92. The van der Waals surface area contributed by atoms with Gasteiger partial charge in [0, 0.05) is 18.3 Å². The van der Waals surface area contributed by atoms with Gasteiger partial charge in [0.2, 0.25) is 5.91 Å². The van der Waals surface area contributed by atoms with Crippen LogP contribution in [0.5, 0.6) is 5.75 Å². The molecule has 0 bridgehead atoms. The summed E-state index contributed by atoms with van der Waals surface area (Å²) in [6.07, 6.45) is 1.05. The fraction of sp³-hybridized carbons (Fsp3) is 0.111. The standard InChI is InChI=1S/C18H14N4O6/c1-28-15-8-3-2-7-14(15)21-17(24)13(16(23)20-18(21)25)10-19-11-5-4-6-12(9-11)22(26)27/h2-10,13H,1H3,(H,20,23,25)/t13-/m1/s1.